The zero-order valence-corrected chi connectivity index (χ0v) is 15.5. The highest BCUT2D eigenvalue weighted by Crippen LogP contribution is 2.30. The number of aryl methyl sites for hydroxylation is 1. The third-order valence-electron chi connectivity index (χ3n) is 4.65. The minimum absolute atomic E-state index is 0.0854. The summed E-state index contributed by atoms with van der Waals surface area (Å²) in [6, 6.07) is 14.9. The Morgan fingerprint density at radius 1 is 1.03 bits per heavy atom. The van der Waals surface area contributed by atoms with Gasteiger partial charge < -0.3 is 15.6 Å². The average Bonchev–Trinajstić information content (AvgIpc) is 3.06. The van der Waals surface area contributed by atoms with Crippen molar-refractivity contribution in [1.29, 1.82) is 0 Å². The predicted molar refractivity (Wildman–Crippen MR) is 107 cm³/mol. The molecule has 29 heavy (non-hydrogen) atoms. The van der Waals surface area contributed by atoms with Gasteiger partial charge in [0.05, 0.1) is 11.3 Å². The van der Waals surface area contributed by atoms with Crippen LogP contribution in [0.2, 0.25) is 0 Å². The van der Waals surface area contributed by atoms with Crippen LogP contribution in [0.25, 0.3) is 22.2 Å². The number of hydrogen-bond donors (Lipinski definition) is 2. The number of anilines is 2. The molecular weight excluding hydrogens is 379 g/mol. The third-order valence-corrected chi connectivity index (χ3v) is 4.65. The van der Waals surface area contributed by atoms with Crippen molar-refractivity contribution in [3.8, 4) is 11.3 Å². The molecular formula is C21H18F3N5. The number of benzene rings is 2. The standard InChI is InChI=1S/C21H18F3N5/c1-29-8-7-15-10-14(5-6-18(15)29)17-11-19(28-20(25)27-17)26-12-13-3-2-4-16(9-13)21(22,23)24/h2-11H,12H2,1H3,(H3,25,26,27,28). The molecule has 2 heterocycles. The van der Waals surface area contributed by atoms with Gasteiger partial charge >= 0.3 is 6.18 Å². The normalized spacial score (nSPS) is 11.7. The van der Waals surface area contributed by atoms with E-state index in [1.165, 1.54) is 6.07 Å². The van der Waals surface area contributed by atoms with Gasteiger partial charge in [-0.15, -0.1) is 0 Å². The number of hydrogen-bond acceptors (Lipinski definition) is 4. The molecule has 8 heteroatoms. The molecule has 0 bridgehead atoms. The number of alkyl halides is 3. The van der Waals surface area contributed by atoms with Gasteiger partial charge in [0.15, 0.2) is 0 Å². The third kappa shape index (κ3) is 4.01. The van der Waals surface area contributed by atoms with E-state index < -0.39 is 11.7 Å². The van der Waals surface area contributed by atoms with Gasteiger partial charge in [-0.1, -0.05) is 18.2 Å². The predicted octanol–water partition coefficient (Wildman–Crippen LogP) is 4.85. The summed E-state index contributed by atoms with van der Waals surface area (Å²) in [5, 5.41) is 4.10. The lowest BCUT2D eigenvalue weighted by Gasteiger charge is -2.11. The number of nitrogens with one attached hydrogen (secondary N) is 1. The second kappa shape index (κ2) is 7.12. The van der Waals surface area contributed by atoms with Gasteiger partial charge in [0.1, 0.15) is 5.82 Å². The molecule has 0 aliphatic carbocycles. The SMILES string of the molecule is Cn1ccc2cc(-c3cc(NCc4cccc(C(F)(F)F)c4)nc(N)n3)ccc21. The maximum atomic E-state index is 12.9. The van der Waals surface area contributed by atoms with E-state index in [0.29, 0.717) is 17.1 Å². The molecule has 3 N–H and O–H groups in total. The van der Waals surface area contributed by atoms with Crippen molar-refractivity contribution in [2.75, 3.05) is 11.1 Å². The van der Waals surface area contributed by atoms with Crippen LogP contribution in [-0.2, 0) is 19.8 Å². The van der Waals surface area contributed by atoms with E-state index in [9.17, 15) is 13.2 Å². The largest absolute Gasteiger partial charge is 0.416 e. The van der Waals surface area contributed by atoms with Crippen LogP contribution in [0.15, 0.2) is 60.8 Å². The number of nitrogen functional groups attached to an aromatic ring is 1. The van der Waals surface area contributed by atoms with E-state index in [4.69, 9.17) is 5.73 Å². The summed E-state index contributed by atoms with van der Waals surface area (Å²) in [6.07, 6.45) is -2.40. The lowest BCUT2D eigenvalue weighted by atomic mass is 10.1. The van der Waals surface area contributed by atoms with Crippen molar-refractivity contribution < 1.29 is 13.2 Å². The zero-order chi connectivity index (χ0) is 20.6. The molecule has 148 valence electrons. The fourth-order valence-electron chi connectivity index (χ4n) is 3.20. The van der Waals surface area contributed by atoms with Crippen molar-refractivity contribution in [3.63, 3.8) is 0 Å². The maximum absolute atomic E-state index is 12.9. The van der Waals surface area contributed by atoms with Crippen molar-refractivity contribution in [2.24, 2.45) is 7.05 Å². The lowest BCUT2D eigenvalue weighted by molar-refractivity contribution is -0.137. The van der Waals surface area contributed by atoms with Crippen LogP contribution in [-0.4, -0.2) is 14.5 Å². The molecule has 4 rings (SSSR count). The van der Waals surface area contributed by atoms with E-state index in [0.717, 1.165) is 28.6 Å². The van der Waals surface area contributed by atoms with Gasteiger partial charge in [-0.3, -0.25) is 0 Å². The summed E-state index contributed by atoms with van der Waals surface area (Å²) in [4.78, 5) is 8.43. The highest BCUT2D eigenvalue weighted by molar-refractivity contribution is 5.85. The van der Waals surface area contributed by atoms with Crippen LogP contribution < -0.4 is 11.1 Å². The lowest BCUT2D eigenvalue weighted by Crippen LogP contribution is -2.08. The van der Waals surface area contributed by atoms with Crippen LogP contribution in [0, 0.1) is 0 Å². The molecule has 5 nitrogen and oxygen atoms in total. The molecule has 0 amide bonds. The van der Waals surface area contributed by atoms with E-state index in [1.807, 2.05) is 42.1 Å². The molecule has 0 aliphatic heterocycles. The zero-order valence-electron chi connectivity index (χ0n) is 15.5. The Morgan fingerprint density at radius 2 is 1.86 bits per heavy atom. The molecule has 0 spiro atoms. The van der Waals surface area contributed by atoms with Crippen molar-refractivity contribution >= 4 is 22.7 Å². The Balaban J connectivity index is 1.58. The summed E-state index contributed by atoms with van der Waals surface area (Å²) >= 11 is 0. The number of halogens is 3. The molecule has 0 unspecified atom stereocenters. The van der Waals surface area contributed by atoms with Gasteiger partial charge in [-0.25, -0.2) is 4.98 Å². The molecule has 4 aromatic rings. The number of aromatic nitrogens is 3. The summed E-state index contributed by atoms with van der Waals surface area (Å²) < 4.78 is 40.7. The first-order valence-electron chi connectivity index (χ1n) is 8.89. The highest BCUT2D eigenvalue weighted by Gasteiger charge is 2.30. The van der Waals surface area contributed by atoms with Crippen LogP contribution >= 0.6 is 0 Å². The fourth-order valence-corrected chi connectivity index (χ4v) is 3.20. The van der Waals surface area contributed by atoms with Crippen molar-refractivity contribution in [1.82, 2.24) is 14.5 Å². The van der Waals surface area contributed by atoms with E-state index in [2.05, 4.69) is 15.3 Å². The van der Waals surface area contributed by atoms with Gasteiger partial charge in [-0.05, 0) is 35.9 Å². The molecule has 0 radical (unpaired) electrons. The van der Waals surface area contributed by atoms with Gasteiger partial charge in [-0.2, -0.15) is 18.2 Å². The Morgan fingerprint density at radius 3 is 2.66 bits per heavy atom. The second-order valence-corrected chi connectivity index (χ2v) is 6.75. The topological polar surface area (TPSA) is 68.8 Å². The first-order valence-corrected chi connectivity index (χ1v) is 8.89. The number of fused-ring (bicyclic) bond motifs is 1. The maximum Gasteiger partial charge on any atom is 0.416 e. The van der Waals surface area contributed by atoms with E-state index >= 15 is 0 Å². The molecule has 0 fully saturated rings. The van der Waals surface area contributed by atoms with Crippen molar-refractivity contribution in [3.05, 3.63) is 71.9 Å². The number of nitrogens with zero attached hydrogens (tertiary/aromatic N) is 3. The molecule has 2 aromatic heterocycles. The summed E-state index contributed by atoms with van der Waals surface area (Å²) in [7, 11) is 1.97. The summed E-state index contributed by atoms with van der Waals surface area (Å²) in [5.41, 5.74) is 8.26. The molecule has 0 aliphatic rings. The molecule has 0 saturated carbocycles. The average molecular weight is 397 g/mol. The second-order valence-electron chi connectivity index (χ2n) is 6.75. The van der Waals surface area contributed by atoms with Crippen LogP contribution in [0.3, 0.4) is 0 Å². The van der Waals surface area contributed by atoms with E-state index in [1.54, 1.807) is 12.1 Å². The van der Waals surface area contributed by atoms with Crippen molar-refractivity contribution in [2.45, 2.75) is 12.7 Å². The molecule has 0 saturated heterocycles. The fraction of sp³-hybridized carbons (Fsp3) is 0.143. The minimum atomic E-state index is -4.38. The van der Waals surface area contributed by atoms with Gasteiger partial charge in [0.25, 0.3) is 0 Å². The Labute approximate surface area is 165 Å². The van der Waals surface area contributed by atoms with Gasteiger partial charge in [0.2, 0.25) is 5.95 Å². The highest BCUT2D eigenvalue weighted by atomic mass is 19.4. The number of nitrogens with two attached hydrogens (primary N) is 1. The first kappa shape index (κ1) is 18.8. The minimum Gasteiger partial charge on any atom is -0.368 e. The monoisotopic (exact) mass is 397 g/mol. The number of rotatable bonds is 4. The van der Waals surface area contributed by atoms with Gasteiger partial charge in [0, 0.05) is 42.3 Å². The Bertz CT molecular complexity index is 1180. The Kier molecular flexibility index (Phi) is 4.62. The van der Waals surface area contributed by atoms with Crippen LogP contribution in [0.1, 0.15) is 11.1 Å². The van der Waals surface area contributed by atoms with E-state index in [-0.39, 0.29) is 12.5 Å². The smallest absolute Gasteiger partial charge is 0.368 e. The van der Waals surface area contributed by atoms with Crippen LogP contribution in [0.5, 0.6) is 0 Å². The quantitative estimate of drug-likeness (QED) is 0.517. The molecule has 2 aromatic carbocycles. The Hall–Kier alpha value is -3.55. The first-order chi connectivity index (χ1) is 13.8. The summed E-state index contributed by atoms with van der Waals surface area (Å²) in [6.45, 7) is 0.178. The summed E-state index contributed by atoms with van der Waals surface area (Å²) in [5.74, 6) is 0.528. The molecule has 0 atom stereocenters. The van der Waals surface area contributed by atoms with Crippen LogP contribution in [0.4, 0.5) is 24.9 Å².